The summed E-state index contributed by atoms with van der Waals surface area (Å²) in [6, 6.07) is 10.7. The Kier molecular flexibility index (Phi) is 5.16. The summed E-state index contributed by atoms with van der Waals surface area (Å²) in [6.45, 7) is 2.82. The van der Waals surface area contributed by atoms with E-state index in [0.717, 1.165) is 5.56 Å². The number of carbonyl (C=O) groups is 2. The molecule has 0 spiro atoms. The maximum atomic E-state index is 12.7. The standard InChI is InChI=1S/C21H22N4O4/c1-14-6-7-18(22-12-14)23-20(27)15-8-10-24(11-9-15)19(26)13-25-16-4-2-3-5-17(16)29-21(25)28/h2-7,12,15H,8-11,13H2,1H3,(H,22,23,27). The zero-order valence-corrected chi connectivity index (χ0v) is 16.1. The van der Waals surface area contributed by atoms with Crippen LogP contribution in [0.3, 0.4) is 0 Å². The summed E-state index contributed by atoms with van der Waals surface area (Å²) in [5.74, 6) is -0.410. The molecule has 1 fully saturated rings. The molecule has 0 unspecified atom stereocenters. The molecule has 8 nitrogen and oxygen atoms in total. The number of piperidine rings is 1. The van der Waals surface area contributed by atoms with Crippen LogP contribution in [0, 0.1) is 12.8 Å². The van der Waals surface area contributed by atoms with Gasteiger partial charge in [0.2, 0.25) is 11.8 Å². The topological polar surface area (TPSA) is 97.4 Å². The Hall–Kier alpha value is -3.42. The minimum Gasteiger partial charge on any atom is -0.408 e. The zero-order valence-electron chi connectivity index (χ0n) is 16.1. The quantitative estimate of drug-likeness (QED) is 0.731. The fourth-order valence-electron chi connectivity index (χ4n) is 3.56. The highest BCUT2D eigenvalue weighted by Gasteiger charge is 2.28. The van der Waals surface area contributed by atoms with Crippen LogP contribution >= 0.6 is 0 Å². The first-order valence-electron chi connectivity index (χ1n) is 9.61. The second-order valence-corrected chi connectivity index (χ2v) is 7.29. The molecule has 0 saturated carbocycles. The van der Waals surface area contributed by atoms with Gasteiger partial charge in [-0.3, -0.25) is 14.2 Å². The summed E-state index contributed by atoms with van der Waals surface area (Å²) in [7, 11) is 0. The number of hydrogen-bond donors (Lipinski definition) is 1. The molecular formula is C21H22N4O4. The van der Waals surface area contributed by atoms with E-state index in [-0.39, 0.29) is 24.3 Å². The number of benzene rings is 1. The average Bonchev–Trinajstić information content (AvgIpc) is 3.05. The minimum absolute atomic E-state index is 0.0694. The first kappa shape index (κ1) is 18.9. The van der Waals surface area contributed by atoms with Gasteiger partial charge in [0.1, 0.15) is 12.4 Å². The third kappa shape index (κ3) is 4.06. The van der Waals surface area contributed by atoms with Crippen LogP contribution in [-0.4, -0.2) is 39.4 Å². The number of para-hydroxylation sites is 2. The van der Waals surface area contributed by atoms with Crippen molar-refractivity contribution in [2.45, 2.75) is 26.3 Å². The SMILES string of the molecule is Cc1ccc(NC(=O)C2CCN(C(=O)Cn3c(=O)oc4ccccc43)CC2)nc1. The van der Waals surface area contributed by atoms with E-state index in [1.54, 1.807) is 41.4 Å². The number of aromatic nitrogens is 2. The molecule has 1 aliphatic heterocycles. The molecule has 2 aromatic heterocycles. The van der Waals surface area contributed by atoms with Crippen molar-refractivity contribution in [3.05, 3.63) is 58.7 Å². The number of nitrogens with one attached hydrogen (secondary N) is 1. The summed E-state index contributed by atoms with van der Waals surface area (Å²) >= 11 is 0. The van der Waals surface area contributed by atoms with Gasteiger partial charge in [0, 0.05) is 25.2 Å². The van der Waals surface area contributed by atoms with Crippen LogP contribution in [0.2, 0.25) is 0 Å². The molecule has 2 amide bonds. The summed E-state index contributed by atoms with van der Waals surface area (Å²) in [4.78, 5) is 43.1. The van der Waals surface area contributed by atoms with Gasteiger partial charge in [-0.15, -0.1) is 0 Å². The number of hydrogen-bond acceptors (Lipinski definition) is 5. The average molecular weight is 394 g/mol. The van der Waals surface area contributed by atoms with Crippen LogP contribution in [0.4, 0.5) is 5.82 Å². The summed E-state index contributed by atoms with van der Waals surface area (Å²) < 4.78 is 6.52. The van der Waals surface area contributed by atoms with Gasteiger partial charge in [-0.25, -0.2) is 9.78 Å². The number of amides is 2. The van der Waals surface area contributed by atoms with Gasteiger partial charge in [-0.1, -0.05) is 18.2 Å². The third-order valence-corrected chi connectivity index (χ3v) is 5.25. The Labute approximate surface area is 167 Å². The van der Waals surface area contributed by atoms with Crippen molar-refractivity contribution in [1.82, 2.24) is 14.5 Å². The predicted octanol–water partition coefficient (Wildman–Crippen LogP) is 2.18. The van der Waals surface area contributed by atoms with Gasteiger partial charge in [-0.05, 0) is 43.5 Å². The predicted molar refractivity (Wildman–Crippen MR) is 107 cm³/mol. The first-order valence-corrected chi connectivity index (χ1v) is 9.61. The molecule has 1 N–H and O–H groups in total. The number of rotatable bonds is 4. The lowest BCUT2D eigenvalue weighted by Crippen LogP contribution is -2.43. The van der Waals surface area contributed by atoms with Crippen molar-refractivity contribution in [1.29, 1.82) is 0 Å². The van der Waals surface area contributed by atoms with Crippen LogP contribution in [-0.2, 0) is 16.1 Å². The molecule has 29 heavy (non-hydrogen) atoms. The summed E-state index contributed by atoms with van der Waals surface area (Å²) in [6.07, 6.45) is 2.85. The van der Waals surface area contributed by atoms with Crippen LogP contribution in [0.25, 0.3) is 11.1 Å². The van der Waals surface area contributed by atoms with Crippen molar-refractivity contribution in [3.8, 4) is 0 Å². The second kappa shape index (κ2) is 7.90. The van der Waals surface area contributed by atoms with Crippen molar-refractivity contribution >= 4 is 28.7 Å². The van der Waals surface area contributed by atoms with Gasteiger partial charge < -0.3 is 14.6 Å². The van der Waals surface area contributed by atoms with Gasteiger partial charge in [0.05, 0.1) is 5.52 Å². The van der Waals surface area contributed by atoms with E-state index in [9.17, 15) is 14.4 Å². The van der Waals surface area contributed by atoms with Crippen LogP contribution in [0.1, 0.15) is 18.4 Å². The number of nitrogens with zero attached hydrogens (tertiary/aromatic N) is 3. The second-order valence-electron chi connectivity index (χ2n) is 7.29. The summed E-state index contributed by atoms with van der Waals surface area (Å²) in [5.41, 5.74) is 2.09. The highest BCUT2D eigenvalue weighted by Crippen LogP contribution is 2.20. The van der Waals surface area contributed by atoms with Crippen molar-refractivity contribution in [2.24, 2.45) is 5.92 Å². The molecule has 3 aromatic rings. The van der Waals surface area contributed by atoms with E-state index >= 15 is 0 Å². The maximum Gasteiger partial charge on any atom is 0.420 e. The molecule has 0 radical (unpaired) electrons. The number of pyridine rings is 1. The van der Waals surface area contributed by atoms with Crippen LogP contribution in [0.15, 0.2) is 51.8 Å². The fraction of sp³-hybridized carbons (Fsp3) is 0.333. The molecule has 3 heterocycles. The number of anilines is 1. The molecule has 4 rings (SSSR count). The smallest absolute Gasteiger partial charge is 0.408 e. The monoisotopic (exact) mass is 394 g/mol. The number of oxazole rings is 1. The van der Waals surface area contributed by atoms with Crippen LogP contribution < -0.4 is 11.1 Å². The van der Waals surface area contributed by atoms with Crippen LogP contribution in [0.5, 0.6) is 0 Å². The molecule has 1 aliphatic rings. The lowest BCUT2D eigenvalue weighted by molar-refractivity contribution is -0.135. The molecule has 1 aromatic carbocycles. The van der Waals surface area contributed by atoms with E-state index in [1.807, 2.05) is 13.0 Å². The molecule has 150 valence electrons. The van der Waals surface area contributed by atoms with Crippen molar-refractivity contribution in [3.63, 3.8) is 0 Å². The van der Waals surface area contributed by atoms with Crippen molar-refractivity contribution < 1.29 is 14.0 Å². The van der Waals surface area contributed by atoms with E-state index in [0.29, 0.717) is 42.8 Å². The lowest BCUT2D eigenvalue weighted by atomic mass is 9.96. The van der Waals surface area contributed by atoms with Gasteiger partial charge in [0.15, 0.2) is 5.58 Å². The molecule has 1 saturated heterocycles. The van der Waals surface area contributed by atoms with E-state index in [1.165, 1.54) is 4.57 Å². The number of carbonyl (C=O) groups excluding carboxylic acids is 2. The number of likely N-dealkylation sites (tertiary alicyclic amines) is 1. The van der Waals surface area contributed by atoms with Gasteiger partial charge >= 0.3 is 5.76 Å². The Morgan fingerprint density at radius 2 is 1.93 bits per heavy atom. The highest BCUT2D eigenvalue weighted by molar-refractivity contribution is 5.92. The Balaban J connectivity index is 1.34. The Morgan fingerprint density at radius 1 is 1.17 bits per heavy atom. The van der Waals surface area contributed by atoms with E-state index in [4.69, 9.17) is 4.42 Å². The Morgan fingerprint density at radius 3 is 2.66 bits per heavy atom. The first-order chi connectivity index (χ1) is 14.0. The lowest BCUT2D eigenvalue weighted by Gasteiger charge is -2.31. The maximum absolute atomic E-state index is 12.7. The minimum atomic E-state index is -0.542. The normalized spacial score (nSPS) is 14.9. The summed E-state index contributed by atoms with van der Waals surface area (Å²) in [5, 5.41) is 2.84. The Bertz CT molecular complexity index is 1090. The molecule has 0 aliphatic carbocycles. The van der Waals surface area contributed by atoms with Crippen molar-refractivity contribution in [2.75, 3.05) is 18.4 Å². The van der Waals surface area contributed by atoms with E-state index in [2.05, 4.69) is 10.3 Å². The third-order valence-electron chi connectivity index (χ3n) is 5.25. The fourth-order valence-corrected chi connectivity index (χ4v) is 3.56. The molecular weight excluding hydrogens is 372 g/mol. The molecule has 8 heteroatoms. The molecule has 0 bridgehead atoms. The largest absolute Gasteiger partial charge is 0.420 e. The number of aryl methyl sites for hydroxylation is 1. The highest BCUT2D eigenvalue weighted by atomic mass is 16.4. The van der Waals surface area contributed by atoms with E-state index < -0.39 is 5.76 Å². The zero-order chi connectivity index (χ0) is 20.4. The molecule has 0 atom stereocenters. The van der Waals surface area contributed by atoms with Gasteiger partial charge in [-0.2, -0.15) is 0 Å². The van der Waals surface area contributed by atoms with Gasteiger partial charge in [0.25, 0.3) is 0 Å². The number of fused-ring (bicyclic) bond motifs is 1.